The van der Waals surface area contributed by atoms with E-state index in [2.05, 4.69) is 9.98 Å². The lowest BCUT2D eigenvalue weighted by molar-refractivity contribution is 0.565. The molecule has 0 fully saturated rings. The van der Waals surface area contributed by atoms with Crippen LogP contribution in [0.4, 0.5) is 5.69 Å². The van der Waals surface area contributed by atoms with Crippen molar-refractivity contribution in [3.63, 3.8) is 0 Å². The zero-order chi connectivity index (χ0) is 10.7. The Hall–Kier alpha value is -1.90. The summed E-state index contributed by atoms with van der Waals surface area (Å²) in [7, 11) is 0. The SMILES string of the molecule is O=C=Nc1cccc(Cl)c1-n1ccnc1. The van der Waals surface area contributed by atoms with E-state index in [1.54, 1.807) is 41.5 Å². The number of halogens is 1. The van der Waals surface area contributed by atoms with Crippen molar-refractivity contribution in [3.05, 3.63) is 41.9 Å². The van der Waals surface area contributed by atoms with Gasteiger partial charge in [0.2, 0.25) is 6.08 Å². The number of hydrogen-bond acceptors (Lipinski definition) is 3. The third-order valence-corrected chi connectivity index (χ3v) is 2.20. The molecule has 0 aliphatic rings. The summed E-state index contributed by atoms with van der Waals surface area (Å²) >= 11 is 6.02. The van der Waals surface area contributed by atoms with Crippen molar-refractivity contribution in [2.45, 2.75) is 0 Å². The molecule has 0 bridgehead atoms. The van der Waals surface area contributed by atoms with Gasteiger partial charge in [0.1, 0.15) is 5.69 Å². The highest BCUT2D eigenvalue weighted by Gasteiger charge is 2.07. The Labute approximate surface area is 90.9 Å². The average Bonchev–Trinajstić information content (AvgIpc) is 2.71. The van der Waals surface area contributed by atoms with Gasteiger partial charge in [-0.3, -0.25) is 0 Å². The molecule has 0 radical (unpaired) electrons. The molecule has 74 valence electrons. The van der Waals surface area contributed by atoms with E-state index in [0.717, 1.165) is 0 Å². The fourth-order valence-corrected chi connectivity index (χ4v) is 1.56. The predicted octanol–water partition coefficient (Wildman–Crippen LogP) is 2.49. The fourth-order valence-electron chi connectivity index (χ4n) is 1.29. The summed E-state index contributed by atoms with van der Waals surface area (Å²) in [4.78, 5) is 17.7. The minimum atomic E-state index is 0.468. The first-order chi connectivity index (χ1) is 7.33. The molecule has 0 spiro atoms. The number of aromatic nitrogens is 2. The zero-order valence-electron chi connectivity index (χ0n) is 7.59. The Balaban J connectivity index is 2.68. The normalized spacial score (nSPS) is 9.67. The number of nitrogens with zero attached hydrogens (tertiary/aromatic N) is 3. The topological polar surface area (TPSA) is 47.2 Å². The summed E-state index contributed by atoms with van der Waals surface area (Å²) in [5.41, 5.74) is 1.09. The Kier molecular flexibility index (Phi) is 2.63. The second-order valence-electron chi connectivity index (χ2n) is 2.78. The number of isocyanates is 1. The van der Waals surface area contributed by atoms with Crippen molar-refractivity contribution in [1.29, 1.82) is 0 Å². The van der Waals surface area contributed by atoms with E-state index in [1.807, 2.05) is 0 Å². The number of aliphatic imine (C=N–C) groups is 1. The minimum absolute atomic E-state index is 0.468. The molecule has 1 aromatic carbocycles. The van der Waals surface area contributed by atoms with Crippen LogP contribution in [0.5, 0.6) is 0 Å². The van der Waals surface area contributed by atoms with Gasteiger partial charge >= 0.3 is 0 Å². The summed E-state index contributed by atoms with van der Waals surface area (Å²) < 4.78 is 1.69. The van der Waals surface area contributed by atoms with Crippen LogP contribution in [0.1, 0.15) is 0 Å². The zero-order valence-corrected chi connectivity index (χ0v) is 8.35. The van der Waals surface area contributed by atoms with E-state index in [1.165, 1.54) is 6.08 Å². The maximum Gasteiger partial charge on any atom is 0.240 e. The highest BCUT2D eigenvalue weighted by molar-refractivity contribution is 6.32. The summed E-state index contributed by atoms with van der Waals surface area (Å²) in [6.07, 6.45) is 6.43. The third kappa shape index (κ3) is 1.81. The average molecular weight is 220 g/mol. The summed E-state index contributed by atoms with van der Waals surface area (Å²) in [6, 6.07) is 5.13. The molecular formula is C10H6ClN3O. The van der Waals surface area contributed by atoms with Gasteiger partial charge in [-0.25, -0.2) is 9.78 Å². The predicted molar refractivity (Wildman–Crippen MR) is 56.4 cm³/mol. The number of hydrogen-bond donors (Lipinski definition) is 0. The van der Waals surface area contributed by atoms with Crippen molar-refractivity contribution >= 4 is 23.4 Å². The lowest BCUT2D eigenvalue weighted by Gasteiger charge is -2.06. The molecule has 0 unspecified atom stereocenters. The minimum Gasteiger partial charge on any atom is -0.303 e. The van der Waals surface area contributed by atoms with Crippen molar-refractivity contribution in [1.82, 2.24) is 9.55 Å². The van der Waals surface area contributed by atoms with Crippen molar-refractivity contribution in [3.8, 4) is 5.69 Å². The lowest BCUT2D eigenvalue weighted by Crippen LogP contribution is -1.91. The van der Waals surface area contributed by atoms with Gasteiger partial charge in [0.15, 0.2) is 0 Å². The van der Waals surface area contributed by atoms with Crippen LogP contribution in [0.3, 0.4) is 0 Å². The van der Waals surface area contributed by atoms with Crippen LogP contribution in [0.25, 0.3) is 5.69 Å². The first-order valence-electron chi connectivity index (χ1n) is 4.17. The molecule has 15 heavy (non-hydrogen) atoms. The Morgan fingerprint density at radius 3 is 3.00 bits per heavy atom. The van der Waals surface area contributed by atoms with E-state index >= 15 is 0 Å². The van der Waals surface area contributed by atoms with Crippen molar-refractivity contribution in [2.24, 2.45) is 4.99 Å². The maximum absolute atomic E-state index is 10.2. The van der Waals surface area contributed by atoms with E-state index in [4.69, 9.17) is 11.6 Å². The second kappa shape index (κ2) is 4.09. The summed E-state index contributed by atoms with van der Waals surface area (Å²) in [5.74, 6) is 0. The molecule has 1 aromatic heterocycles. The number of carbonyl (C=O) groups excluding carboxylic acids is 1. The fraction of sp³-hybridized carbons (Fsp3) is 0. The standard InChI is InChI=1S/C10H6ClN3O/c11-8-2-1-3-9(13-7-15)10(8)14-5-4-12-6-14/h1-6H. The van der Waals surface area contributed by atoms with Crippen LogP contribution >= 0.6 is 11.6 Å². The molecule has 5 heteroatoms. The van der Waals surface area contributed by atoms with Crippen LogP contribution in [0.15, 0.2) is 41.9 Å². The second-order valence-corrected chi connectivity index (χ2v) is 3.19. The van der Waals surface area contributed by atoms with E-state index in [0.29, 0.717) is 16.4 Å². The molecule has 0 N–H and O–H groups in total. The molecule has 0 aliphatic heterocycles. The van der Waals surface area contributed by atoms with E-state index in [-0.39, 0.29) is 0 Å². The van der Waals surface area contributed by atoms with Crippen LogP contribution in [-0.4, -0.2) is 15.6 Å². The molecule has 0 saturated heterocycles. The van der Waals surface area contributed by atoms with Crippen LogP contribution in [0, 0.1) is 0 Å². The van der Waals surface area contributed by atoms with Gasteiger partial charge in [0.25, 0.3) is 0 Å². The smallest absolute Gasteiger partial charge is 0.240 e. The summed E-state index contributed by atoms with van der Waals surface area (Å²) in [6.45, 7) is 0. The first-order valence-corrected chi connectivity index (χ1v) is 4.55. The molecule has 2 aromatic rings. The van der Waals surface area contributed by atoms with E-state index < -0.39 is 0 Å². The molecular weight excluding hydrogens is 214 g/mol. The van der Waals surface area contributed by atoms with Crippen LogP contribution in [-0.2, 0) is 4.79 Å². The van der Waals surface area contributed by atoms with E-state index in [9.17, 15) is 4.79 Å². The Morgan fingerprint density at radius 2 is 2.33 bits per heavy atom. The molecule has 1 heterocycles. The lowest BCUT2D eigenvalue weighted by atomic mass is 10.2. The largest absolute Gasteiger partial charge is 0.303 e. The highest BCUT2D eigenvalue weighted by atomic mass is 35.5. The number of para-hydroxylation sites is 1. The Bertz CT molecular complexity index is 515. The Morgan fingerprint density at radius 1 is 1.47 bits per heavy atom. The molecule has 0 aliphatic carbocycles. The van der Waals surface area contributed by atoms with Crippen LogP contribution < -0.4 is 0 Å². The quantitative estimate of drug-likeness (QED) is 0.576. The van der Waals surface area contributed by atoms with Gasteiger partial charge in [-0.15, -0.1) is 0 Å². The third-order valence-electron chi connectivity index (χ3n) is 1.89. The first kappa shape index (κ1) is 9.65. The van der Waals surface area contributed by atoms with Gasteiger partial charge < -0.3 is 4.57 Å². The van der Waals surface area contributed by atoms with Gasteiger partial charge in [-0.1, -0.05) is 17.7 Å². The van der Waals surface area contributed by atoms with Gasteiger partial charge in [-0.2, -0.15) is 4.99 Å². The monoisotopic (exact) mass is 219 g/mol. The van der Waals surface area contributed by atoms with Crippen LogP contribution in [0.2, 0.25) is 5.02 Å². The number of rotatable bonds is 2. The molecule has 0 atom stereocenters. The number of imidazole rings is 1. The summed E-state index contributed by atoms with van der Waals surface area (Å²) in [5, 5.41) is 0.504. The highest BCUT2D eigenvalue weighted by Crippen LogP contribution is 2.29. The number of benzene rings is 1. The molecule has 0 amide bonds. The molecule has 4 nitrogen and oxygen atoms in total. The van der Waals surface area contributed by atoms with Gasteiger partial charge in [0, 0.05) is 12.4 Å². The maximum atomic E-state index is 10.2. The van der Waals surface area contributed by atoms with Gasteiger partial charge in [-0.05, 0) is 12.1 Å². The molecule has 2 rings (SSSR count). The van der Waals surface area contributed by atoms with Gasteiger partial charge in [0.05, 0.1) is 17.0 Å². The van der Waals surface area contributed by atoms with Crippen molar-refractivity contribution < 1.29 is 4.79 Å². The van der Waals surface area contributed by atoms with Crippen molar-refractivity contribution in [2.75, 3.05) is 0 Å². The molecule has 0 saturated carbocycles.